The minimum atomic E-state index is -0.863. The van der Waals surface area contributed by atoms with Crippen LogP contribution in [-0.4, -0.2) is 12.9 Å². The summed E-state index contributed by atoms with van der Waals surface area (Å²) in [6.45, 7) is 1.91. The lowest BCUT2D eigenvalue weighted by atomic mass is 10.0. The number of rotatable bonds is 5. The molecule has 0 heterocycles. The van der Waals surface area contributed by atoms with Gasteiger partial charge in [-0.1, -0.05) is 13.3 Å². The van der Waals surface area contributed by atoms with Gasteiger partial charge in [-0.3, -0.25) is 4.79 Å². The Morgan fingerprint density at radius 2 is 1.88 bits per heavy atom. The molecule has 1 rings (SSSR count). The number of hydrogen-bond acceptors (Lipinski definition) is 2. The fraction of sp³-hybridized carbons (Fsp3) is 0.417. The Hall–Kier alpha value is -1.45. The number of Topliss-reactive ketones (excluding diaryl/α,β-unsaturated/α-hetero) is 1. The maximum absolute atomic E-state index is 13.4. The first-order valence-electron chi connectivity index (χ1n) is 5.16. The third-order valence-corrected chi connectivity index (χ3v) is 2.29. The SMILES string of the molecule is CCCCC(=O)c1c(F)cc(OC)cc1F. The number of ether oxygens (including phenoxy) is 1. The van der Waals surface area contributed by atoms with E-state index in [0.717, 1.165) is 18.6 Å². The van der Waals surface area contributed by atoms with Crippen LogP contribution in [0.1, 0.15) is 36.5 Å². The van der Waals surface area contributed by atoms with Gasteiger partial charge in [-0.05, 0) is 6.42 Å². The summed E-state index contributed by atoms with van der Waals surface area (Å²) in [5.74, 6) is -2.16. The quantitative estimate of drug-likeness (QED) is 0.722. The van der Waals surface area contributed by atoms with Gasteiger partial charge in [-0.2, -0.15) is 0 Å². The largest absolute Gasteiger partial charge is 0.497 e. The minimum Gasteiger partial charge on any atom is -0.497 e. The Bertz CT molecular complexity index is 366. The van der Waals surface area contributed by atoms with E-state index in [2.05, 4.69) is 0 Å². The van der Waals surface area contributed by atoms with Crippen LogP contribution in [0.4, 0.5) is 8.78 Å². The monoisotopic (exact) mass is 228 g/mol. The molecule has 0 fully saturated rings. The van der Waals surface area contributed by atoms with E-state index in [0.29, 0.717) is 6.42 Å². The molecule has 0 aliphatic rings. The highest BCUT2D eigenvalue weighted by atomic mass is 19.1. The number of benzene rings is 1. The number of carbonyl (C=O) groups is 1. The first-order valence-corrected chi connectivity index (χ1v) is 5.16. The Balaban J connectivity index is 3.00. The smallest absolute Gasteiger partial charge is 0.168 e. The average molecular weight is 228 g/mol. The number of methoxy groups -OCH3 is 1. The topological polar surface area (TPSA) is 26.3 Å². The number of unbranched alkanes of at least 4 members (excludes halogenated alkanes) is 1. The van der Waals surface area contributed by atoms with Crippen molar-refractivity contribution in [1.29, 1.82) is 0 Å². The van der Waals surface area contributed by atoms with E-state index in [1.54, 1.807) is 0 Å². The Kier molecular flexibility index (Phi) is 4.40. The highest BCUT2D eigenvalue weighted by Gasteiger charge is 2.18. The van der Waals surface area contributed by atoms with Crippen LogP contribution in [0.2, 0.25) is 0 Å². The molecular formula is C12H14F2O2. The minimum absolute atomic E-state index is 0.0713. The highest BCUT2D eigenvalue weighted by Crippen LogP contribution is 2.22. The van der Waals surface area contributed by atoms with Gasteiger partial charge in [0.15, 0.2) is 5.78 Å². The molecule has 0 saturated heterocycles. The summed E-state index contributed by atoms with van der Waals surface area (Å²) in [5, 5.41) is 0. The van der Waals surface area contributed by atoms with Crippen molar-refractivity contribution < 1.29 is 18.3 Å². The molecule has 1 aromatic carbocycles. The van der Waals surface area contributed by atoms with E-state index >= 15 is 0 Å². The van der Waals surface area contributed by atoms with Gasteiger partial charge >= 0.3 is 0 Å². The predicted molar refractivity (Wildman–Crippen MR) is 56.8 cm³/mol. The number of ketones is 1. The van der Waals surface area contributed by atoms with Gasteiger partial charge in [0.25, 0.3) is 0 Å². The molecule has 88 valence electrons. The Morgan fingerprint density at radius 3 is 2.31 bits per heavy atom. The summed E-state index contributed by atoms with van der Waals surface area (Å²) in [4.78, 5) is 11.5. The van der Waals surface area contributed by atoms with Crippen molar-refractivity contribution in [2.45, 2.75) is 26.2 Å². The van der Waals surface area contributed by atoms with Crippen molar-refractivity contribution in [2.24, 2.45) is 0 Å². The van der Waals surface area contributed by atoms with E-state index in [9.17, 15) is 13.6 Å². The van der Waals surface area contributed by atoms with Gasteiger partial charge in [0.05, 0.1) is 12.7 Å². The third kappa shape index (κ3) is 2.78. The molecule has 0 radical (unpaired) electrons. The van der Waals surface area contributed by atoms with Crippen molar-refractivity contribution in [1.82, 2.24) is 0 Å². The molecule has 0 saturated carbocycles. The summed E-state index contributed by atoms with van der Waals surface area (Å²) < 4.78 is 31.6. The molecule has 0 unspecified atom stereocenters. The van der Waals surface area contributed by atoms with Gasteiger partial charge in [0, 0.05) is 18.6 Å². The summed E-state index contributed by atoms with van der Waals surface area (Å²) in [6.07, 6.45) is 1.60. The maximum atomic E-state index is 13.4. The van der Waals surface area contributed by atoms with Crippen LogP contribution in [0.25, 0.3) is 0 Å². The second kappa shape index (κ2) is 5.58. The molecule has 1 aromatic rings. The zero-order chi connectivity index (χ0) is 12.1. The molecule has 0 spiro atoms. The molecule has 0 amide bonds. The lowest BCUT2D eigenvalue weighted by molar-refractivity contribution is 0.0971. The molecule has 16 heavy (non-hydrogen) atoms. The van der Waals surface area contributed by atoms with E-state index in [4.69, 9.17) is 4.74 Å². The number of carbonyl (C=O) groups excluding carboxylic acids is 1. The van der Waals surface area contributed by atoms with Gasteiger partial charge in [0.1, 0.15) is 17.4 Å². The third-order valence-electron chi connectivity index (χ3n) is 2.29. The van der Waals surface area contributed by atoms with Crippen molar-refractivity contribution >= 4 is 5.78 Å². The van der Waals surface area contributed by atoms with Crippen LogP contribution in [0.5, 0.6) is 5.75 Å². The van der Waals surface area contributed by atoms with Gasteiger partial charge in [0.2, 0.25) is 0 Å². The van der Waals surface area contributed by atoms with Gasteiger partial charge in [-0.15, -0.1) is 0 Å². The van der Waals surface area contributed by atoms with Crippen molar-refractivity contribution in [3.05, 3.63) is 29.3 Å². The summed E-state index contributed by atoms with van der Waals surface area (Å²) >= 11 is 0. The Labute approximate surface area is 93.2 Å². The second-order valence-corrected chi connectivity index (χ2v) is 3.49. The van der Waals surface area contributed by atoms with E-state index in [-0.39, 0.29) is 12.2 Å². The normalized spacial score (nSPS) is 10.2. The predicted octanol–water partition coefficient (Wildman–Crippen LogP) is 3.35. The second-order valence-electron chi connectivity index (χ2n) is 3.49. The van der Waals surface area contributed by atoms with E-state index < -0.39 is 23.0 Å². The first-order chi connectivity index (χ1) is 7.60. The van der Waals surface area contributed by atoms with E-state index in [1.165, 1.54) is 7.11 Å². The van der Waals surface area contributed by atoms with Crippen molar-refractivity contribution in [2.75, 3.05) is 7.11 Å². The number of halogens is 2. The standard InChI is InChI=1S/C12H14F2O2/c1-3-4-5-11(15)12-9(13)6-8(16-2)7-10(12)14/h6-7H,3-5H2,1-2H3. The lowest BCUT2D eigenvalue weighted by Gasteiger charge is -2.06. The van der Waals surface area contributed by atoms with Crippen molar-refractivity contribution in [3.8, 4) is 5.75 Å². The van der Waals surface area contributed by atoms with Crippen LogP contribution >= 0.6 is 0 Å². The zero-order valence-corrected chi connectivity index (χ0v) is 9.35. The summed E-state index contributed by atoms with van der Waals surface area (Å²) in [7, 11) is 1.31. The summed E-state index contributed by atoms with van der Waals surface area (Å²) in [6, 6.07) is 2.03. The first kappa shape index (κ1) is 12.6. The lowest BCUT2D eigenvalue weighted by Crippen LogP contribution is -2.06. The molecule has 0 aliphatic carbocycles. The van der Waals surface area contributed by atoms with Crippen LogP contribution in [0, 0.1) is 11.6 Å². The molecule has 0 aliphatic heterocycles. The summed E-state index contributed by atoms with van der Waals surface area (Å²) in [5.41, 5.74) is -0.464. The van der Waals surface area contributed by atoms with Gasteiger partial charge < -0.3 is 4.74 Å². The Morgan fingerprint density at radius 1 is 1.31 bits per heavy atom. The molecule has 4 heteroatoms. The van der Waals surface area contributed by atoms with Crippen LogP contribution in [-0.2, 0) is 0 Å². The van der Waals surface area contributed by atoms with Gasteiger partial charge in [-0.25, -0.2) is 8.78 Å². The molecular weight excluding hydrogens is 214 g/mol. The fourth-order valence-corrected chi connectivity index (χ4v) is 1.40. The van der Waals surface area contributed by atoms with E-state index in [1.807, 2.05) is 6.92 Å². The molecule has 0 aromatic heterocycles. The van der Waals surface area contributed by atoms with Crippen LogP contribution in [0.15, 0.2) is 12.1 Å². The van der Waals surface area contributed by atoms with Crippen LogP contribution in [0.3, 0.4) is 0 Å². The molecule has 0 N–H and O–H groups in total. The molecule has 0 atom stereocenters. The number of hydrogen-bond donors (Lipinski definition) is 0. The molecule has 0 bridgehead atoms. The van der Waals surface area contributed by atoms with Crippen molar-refractivity contribution in [3.63, 3.8) is 0 Å². The average Bonchev–Trinajstić information content (AvgIpc) is 2.25. The molecule has 2 nitrogen and oxygen atoms in total. The maximum Gasteiger partial charge on any atom is 0.168 e. The zero-order valence-electron chi connectivity index (χ0n) is 9.35. The fourth-order valence-electron chi connectivity index (χ4n) is 1.40. The highest BCUT2D eigenvalue weighted by molar-refractivity contribution is 5.96. The van der Waals surface area contributed by atoms with Crippen LogP contribution < -0.4 is 4.74 Å².